The van der Waals surface area contributed by atoms with Gasteiger partial charge in [0, 0.05) is 19.6 Å². The molecule has 1 amide bonds. The van der Waals surface area contributed by atoms with Gasteiger partial charge in [-0.25, -0.2) is 9.59 Å². The average molecular weight is 348 g/mol. The van der Waals surface area contributed by atoms with Gasteiger partial charge in [-0.05, 0) is 38.8 Å². The minimum Gasteiger partial charge on any atom is -0.478 e. The van der Waals surface area contributed by atoms with Gasteiger partial charge >= 0.3 is 12.1 Å². The smallest absolute Gasteiger partial charge is 0.410 e. The van der Waals surface area contributed by atoms with Crippen molar-refractivity contribution in [3.8, 4) is 0 Å². The van der Waals surface area contributed by atoms with E-state index >= 15 is 0 Å². The van der Waals surface area contributed by atoms with Crippen molar-refractivity contribution in [1.29, 1.82) is 0 Å². The number of amides is 1. The summed E-state index contributed by atoms with van der Waals surface area (Å²) in [6.07, 6.45) is -0.308. The van der Waals surface area contributed by atoms with Gasteiger partial charge in [-0.2, -0.15) is 0 Å². The van der Waals surface area contributed by atoms with Crippen LogP contribution in [0.3, 0.4) is 0 Å². The van der Waals surface area contributed by atoms with Gasteiger partial charge in [-0.1, -0.05) is 26.0 Å². The molecule has 1 aliphatic rings. The summed E-state index contributed by atoms with van der Waals surface area (Å²) in [5.41, 5.74) is 0.450. The maximum atomic E-state index is 12.5. The first kappa shape index (κ1) is 19.1. The van der Waals surface area contributed by atoms with Crippen molar-refractivity contribution in [3.05, 3.63) is 29.8 Å². The number of carboxylic acids is 1. The molecule has 1 fully saturated rings. The number of rotatable bonds is 3. The summed E-state index contributed by atoms with van der Waals surface area (Å²) in [5, 5.41) is 9.43. The molecule has 0 aliphatic carbocycles. The van der Waals surface area contributed by atoms with Gasteiger partial charge in [0.15, 0.2) is 0 Å². The SMILES string of the molecule is CC(C)[C@H]1CN(c2ccccc2C(=O)O)CCN1C(=O)OC(C)(C)C. The van der Waals surface area contributed by atoms with E-state index in [1.54, 1.807) is 17.0 Å². The van der Waals surface area contributed by atoms with Gasteiger partial charge in [-0.3, -0.25) is 0 Å². The minimum absolute atomic E-state index is 0.0366. The Morgan fingerprint density at radius 1 is 1.20 bits per heavy atom. The van der Waals surface area contributed by atoms with Crippen LogP contribution in [-0.4, -0.2) is 53.3 Å². The monoisotopic (exact) mass is 348 g/mol. The standard InChI is InChI=1S/C19H28N2O4/c1-13(2)16-12-20(15-9-7-6-8-14(15)17(22)23)10-11-21(16)18(24)25-19(3,4)5/h6-9,13,16H,10-12H2,1-5H3,(H,22,23)/t16-/m1/s1. The molecule has 1 atom stereocenters. The van der Waals surface area contributed by atoms with Crippen LogP contribution in [-0.2, 0) is 4.74 Å². The van der Waals surface area contributed by atoms with Crippen LogP contribution in [0, 0.1) is 5.92 Å². The fraction of sp³-hybridized carbons (Fsp3) is 0.579. The van der Waals surface area contributed by atoms with Crippen LogP contribution < -0.4 is 4.90 Å². The molecule has 0 spiro atoms. The topological polar surface area (TPSA) is 70.1 Å². The molecule has 0 bridgehead atoms. The summed E-state index contributed by atoms with van der Waals surface area (Å²) in [5.74, 6) is -0.710. The van der Waals surface area contributed by atoms with Gasteiger partial charge in [0.1, 0.15) is 5.60 Å². The fourth-order valence-electron chi connectivity index (χ4n) is 3.08. The molecular weight excluding hydrogens is 320 g/mol. The Balaban J connectivity index is 2.22. The zero-order valence-electron chi connectivity index (χ0n) is 15.7. The first-order chi connectivity index (χ1) is 11.6. The van der Waals surface area contributed by atoms with E-state index in [-0.39, 0.29) is 23.6 Å². The second kappa shape index (κ2) is 7.33. The highest BCUT2D eigenvalue weighted by atomic mass is 16.6. The van der Waals surface area contributed by atoms with Crippen LogP contribution in [0.15, 0.2) is 24.3 Å². The lowest BCUT2D eigenvalue weighted by atomic mass is 9.99. The molecule has 6 heteroatoms. The van der Waals surface area contributed by atoms with Crippen molar-refractivity contribution in [1.82, 2.24) is 4.90 Å². The van der Waals surface area contributed by atoms with Crippen LogP contribution >= 0.6 is 0 Å². The molecule has 1 N–H and O–H groups in total. The second-order valence-corrected chi connectivity index (χ2v) is 7.75. The summed E-state index contributed by atoms with van der Waals surface area (Å²) in [6, 6.07) is 6.97. The predicted molar refractivity (Wildman–Crippen MR) is 97.2 cm³/mol. The summed E-state index contributed by atoms with van der Waals surface area (Å²) < 4.78 is 5.53. The summed E-state index contributed by atoms with van der Waals surface area (Å²) >= 11 is 0. The highest BCUT2D eigenvalue weighted by molar-refractivity contribution is 5.94. The molecule has 1 aliphatic heterocycles. The van der Waals surface area contributed by atoms with E-state index in [1.165, 1.54) is 0 Å². The summed E-state index contributed by atoms with van der Waals surface area (Å²) in [4.78, 5) is 27.9. The minimum atomic E-state index is -0.939. The first-order valence-corrected chi connectivity index (χ1v) is 8.67. The highest BCUT2D eigenvalue weighted by Crippen LogP contribution is 2.27. The number of hydrogen-bond acceptors (Lipinski definition) is 4. The van der Waals surface area contributed by atoms with Crippen LogP contribution in [0.2, 0.25) is 0 Å². The Morgan fingerprint density at radius 2 is 1.84 bits per heavy atom. The zero-order valence-corrected chi connectivity index (χ0v) is 15.7. The number of ether oxygens (including phenoxy) is 1. The zero-order chi connectivity index (χ0) is 18.8. The van der Waals surface area contributed by atoms with Crippen LogP contribution in [0.25, 0.3) is 0 Å². The Labute approximate surface area is 149 Å². The largest absolute Gasteiger partial charge is 0.478 e. The van der Waals surface area contributed by atoms with Gasteiger partial charge in [0.05, 0.1) is 17.3 Å². The Hall–Kier alpha value is -2.24. The van der Waals surface area contributed by atoms with E-state index in [1.807, 2.05) is 32.9 Å². The van der Waals surface area contributed by atoms with E-state index in [4.69, 9.17) is 4.74 Å². The number of carbonyl (C=O) groups excluding carboxylic acids is 1. The van der Waals surface area contributed by atoms with Crippen LogP contribution in [0.1, 0.15) is 45.0 Å². The Morgan fingerprint density at radius 3 is 2.40 bits per heavy atom. The molecule has 1 aromatic carbocycles. The molecule has 2 rings (SSSR count). The van der Waals surface area contributed by atoms with Crippen molar-refractivity contribution >= 4 is 17.7 Å². The number of hydrogen-bond donors (Lipinski definition) is 1. The molecule has 6 nitrogen and oxygen atoms in total. The van der Waals surface area contributed by atoms with E-state index < -0.39 is 11.6 Å². The molecule has 25 heavy (non-hydrogen) atoms. The third-order valence-corrected chi connectivity index (χ3v) is 4.29. The lowest BCUT2D eigenvalue weighted by Crippen LogP contribution is -2.58. The molecule has 1 aromatic rings. The Kier molecular flexibility index (Phi) is 5.60. The third-order valence-electron chi connectivity index (χ3n) is 4.29. The molecule has 1 saturated heterocycles. The fourth-order valence-corrected chi connectivity index (χ4v) is 3.08. The van der Waals surface area contributed by atoms with Crippen LogP contribution in [0.5, 0.6) is 0 Å². The summed E-state index contributed by atoms with van der Waals surface area (Å²) in [7, 11) is 0. The molecule has 0 unspecified atom stereocenters. The van der Waals surface area contributed by atoms with Gasteiger partial charge in [0.25, 0.3) is 0 Å². The quantitative estimate of drug-likeness (QED) is 0.906. The van der Waals surface area contributed by atoms with E-state index in [9.17, 15) is 14.7 Å². The van der Waals surface area contributed by atoms with Gasteiger partial charge in [0.2, 0.25) is 0 Å². The normalized spacial score (nSPS) is 18.4. The molecule has 0 radical (unpaired) electrons. The first-order valence-electron chi connectivity index (χ1n) is 8.67. The van der Waals surface area contributed by atoms with Crippen molar-refractivity contribution in [3.63, 3.8) is 0 Å². The second-order valence-electron chi connectivity index (χ2n) is 7.75. The van der Waals surface area contributed by atoms with Crippen molar-refractivity contribution in [2.24, 2.45) is 5.92 Å². The molecule has 138 valence electrons. The molecule has 1 heterocycles. The molecule has 0 saturated carbocycles. The number of carbonyl (C=O) groups is 2. The van der Waals surface area contributed by atoms with Crippen LogP contribution in [0.4, 0.5) is 10.5 Å². The number of nitrogens with zero attached hydrogens (tertiary/aromatic N) is 2. The number of benzene rings is 1. The number of para-hydroxylation sites is 1. The highest BCUT2D eigenvalue weighted by Gasteiger charge is 2.35. The van der Waals surface area contributed by atoms with Gasteiger partial charge in [-0.15, -0.1) is 0 Å². The summed E-state index contributed by atoms with van der Waals surface area (Å²) in [6.45, 7) is 11.4. The van der Waals surface area contributed by atoms with E-state index in [0.717, 1.165) is 0 Å². The maximum Gasteiger partial charge on any atom is 0.410 e. The Bertz CT molecular complexity index is 637. The number of anilines is 1. The maximum absolute atomic E-state index is 12.5. The molecular formula is C19H28N2O4. The lowest BCUT2D eigenvalue weighted by Gasteiger charge is -2.44. The van der Waals surface area contributed by atoms with E-state index in [2.05, 4.69) is 18.7 Å². The van der Waals surface area contributed by atoms with Crippen molar-refractivity contribution in [2.45, 2.75) is 46.3 Å². The van der Waals surface area contributed by atoms with Gasteiger partial charge < -0.3 is 19.6 Å². The average Bonchev–Trinajstić information content (AvgIpc) is 2.52. The van der Waals surface area contributed by atoms with E-state index in [0.29, 0.717) is 25.3 Å². The number of carboxylic acid groups (broad SMARTS) is 1. The van der Waals surface area contributed by atoms with Crippen molar-refractivity contribution in [2.75, 3.05) is 24.5 Å². The predicted octanol–water partition coefficient (Wildman–Crippen LogP) is 3.47. The lowest BCUT2D eigenvalue weighted by molar-refractivity contribution is 0.00877. The third kappa shape index (κ3) is 4.65. The van der Waals surface area contributed by atoms with Crippen molar-refractivity contribution < 1.29 is 19.4 Å². The molecule has 0 aromatic heterocycles. The number of piperazine rings is 1. The number of aromatic carboxylic acids is 1.